The molecule has 5 nitrogen and oxygen atoms in total. The molecule has 1 amide bonds. The maximum Gasteiger partial charge on any atom is 0.263 e. The van der Waals surface area contributed by atoms with Crippen LogP contribution >= 0.6 is 11.3 Å². The number of benzene rings is 1. The van der Waals surface area contributed by atoms with Crippen molar-refractivity contribution in [2.24, 2.45) is 7.05 Å². The Morgan fingerprint density at radius 2 is 2.00 bits per heavy atom. The minimum absolute atomic E-state index is 0.0168. The molecule has 0 radical (unpaired) electrons. The number of hydrogen-bond acceptors (Lipinski definition) is 4. The summed E-state index contributed by atoms with van der Waals surface area (Å²) in [5, 5.41) is 5.42. The highest BCUT2D eigenvalue weighted by atomic mass is 32.1. The first-order chi connectivity index (χ1) is 11.5. The molecule has 24 heavy (non-hydrogen) atoms. The fourth-order valence-electron chi connectivity index (χ4n) is 2.54. The van der Waals surface area contributed by atoms with E-state index in [1.54, 1.807) is 11.9 Å². The Morgan fingerprint density at radius 1 is 1.29 bits per heavy atom. The molecule has 3 rings (SSSR count). The largest absolute Gasteiger partial charge is 0.492 e. The first kappa shape index (κ1) is 16.5. The number of ether oxygens (including phenoxy) is 1. The molecule has 0 fully saturated rings. The molecule has 0 N–H and O–H groups in total. The zero-order chi connectivity index (χ0) is 17.3. The number of carbonyl (C=O) groups excluding carboxylic acids is 1. The van der Waals surface area contributed by atoms with E-state index in [9.17, 15) is 4.79 Å². The lowest BCUT2D eigenvalue weighted by Gasteiger charge is -2.16. The number of rotatable bonds is 5. The molecule has 0 saturated carbocycles. The highest BCUT2D eigenvalue weighted by Crippen LogP contribution is 2.28. The van der Waals surface area contributed by atoms with Gasteiger partial charge in [0.05, 0.1) is 17.1 Å². The fourth-order valence-corrected chi connectivity index (χ4v) is 3.65. The summed E-state index contributed by atoms with van der Waals surface area (Å²) in [5.74, 6) is 0.841. The van der Waals surface area contributed by atoms with Crippen molar-refractivity contribution in [1.82, 2.24) is 14.7 Å². The highest BCUT2D eigenvalue weighted by Gasteiger charge is 2.18. The molecule has 2 heterocycles. The van der Waals surface area contributed by atoms with Gasteiger partial charge in [-0.1, -0.05) is 17.7 Å². The van der Waals surface area contributed by atoms with E-state index in [2.05, 4.69) is 5.10 Å². The molecule has 126 valence electrons. The molecule has 0 aliphatic rings. The van der Waals surface area contributed by atoms with E-state index in [1.165, 1.54) is 16.9 Å². The van der Waals surface area contributed by atoms with Crippen molar-refractivity contribution < 1.29 is 9.53 Å². The Balaban J connectivity index is 1.61. The summed E-state index contributed by atoms with van der Waals surface area (Å²) in [6, 6.07) is 9.84. The average Bonchev–Trinajstić information content (AvgIpc) is 3.10. The summed E-state index contributed by atoms with van der Waals surface area (Å²) in [4.78, 5) is 16.0. The average molecular weight is 343 g/mol. The zero-order valence-electron chi connectivity index (χ0n) is 14.4. The van der Waals surface area contributed by atoms with E-state index in [-0.39, 0.29) is 5.91 Å². The summed E-state index contributed by atoms with van der Waals surface area (Å²) in [7, 11) is 3.70. The number of nitrogens with zero attached hydrogens (tertiary/aromatic N) is 3. The van der Waals surface area contributed by atoms with E-state index in [0.29, 0.717) is 13.2 Å². The molecular formula is C18H21N3O2S. The lowest BCUT2D eigenvalue weighted by Crippen LogP contribution is -2.30. The van der Waals surface area contributed by atoms with Crippen LogP contribution in [0, 0.1) is 13.8 Å². The molecule has 0 spiro atoms. The van der Waals surface area contributed by atoms with Gasteiger partial charge in [0.2, 0.25) is 0 Å². The fraction of sp³-hybridized carbons (Fsp3) is 0.333. The van der Waals surface area contributed by atoms with Crippen molar-refractivity contribution in [2.75, 3.05) is 20.2 Å². The summed E-state index contributed by atoms with van der Waals surface area (Å²) >= 11 is 1.48. The van der Waals surface area contributed by atoms with Crippen LogP contribution in [-0.4, -0.2) is 40.8 Å². The number of hydrogen-bond donors (Lipinski definition) is 0. The second-order valence-corrected chi connectivity index (χ2v) is 6.96. The molecule has 0 bridgehead atoms. The van der Waals surface area contributed by atoms with E-state index in [0.717, 1.165) is 26.5 Å². The SMILES string of the molecule is Cc1ccc(OCCN(C)C(=O)c2cc3c(C)nn(C)c3s2)cc1. The molecule has 0 aliphatic heterocycles. The molecular weight excluding hydrogens is 322 g/mol. The van der Waals surface area contributed by atoms with Gasteiger partial charge in [-0.3, -0.25) is 9.48 Å². The van der Waals surface area contributed by atoms with Gasteiger partial charge in [0.15, 0.2) is 0 Å². The number of amides is 1. The van der Waals surface area contributed by atoms with Crippen molar-refractivity contribution in [1.29, 1.82) is 0 Å². The minimum Gasteiger partial charge on any atom is -0.492 e. The monoisotopic (exact) mass is 343 g/mol. The Bertz CT molecular complexity index is 830. The van der Waals surface area contributed by atoms with Gasteiger partial charge in [-0.2, -0.15) is 5.10 Å². The van der Waals surface area contributed by atoms with Crippen molar-refractivity contribution in [3.8, 4) is 5.75 Å². The highest BCUT2D eigenvalue weighted by molar-refractivity contribution is 7.20. The van der Waals surface area contributed by atoms with Crippen molar-refractivity contribution in [2.45, 2.75) is 13.8 Å². The lowest BCUT2D eigenvalue weighted by atomic mass is 10.2. The van der Waals surface area contributed by atoms with E-state index in [4.69, 9.17) is 4.74 Å². The maximum atomic E-state index is 12.6. The van der Waals surface area contributed by atoms with E-state index < -0.39 is 0 Å². The van der Waals surface area contributed by atoms with Crippen LogP contribution in [-0.2, 0) is 7.05 Å². The van der Waals surface area contributed by atoms with Crippen LogP contribution in [0.25, 0.3) is 10.2 Å². The summed E-state index contributed by atoms with van der Waals surface area (Å²) < 4.78 is 7.52. The third-order valence-electron chi connectivity index (χ3n) is 3.97. The summed E-state index contributed by atoms with van der Waals surface area (Å²) in [6.07, 6.45) is 0. The molecule has 0 saturated heterocycles. The predicted molar refractivity (Wildman–Crippen MR) is 97.0 cm³/mol. The summed E-state index contributed by atoms with van der Waals surface area (Å²) in [6.45, 7) is 5.01. The van der Waals surface area contributed by atoms with Crippen LogP contribution in [0.1, 0.15) is 20.9 Å². The number of carbonyl (C=O) groups is 1. The minimum atomic E-state index is 0.0168. The number of likely N-dealkylation sites (N-methyl/N-ethyl adjacent to an activating group) is 1. The zero-order valence-corrected chi connectivity index (χ0v) is 15.2. The van der Waals surface area contributed by atoms with Crippen LogP contribution in [0.3, 0.4) is 0 Å². The molecule has 1 aromatic carbocycles. The van der Waals surface area contributed by atoms with E-state index >= 15 is 0 Å². The quantitative estimate of drug-likeness (QED) is 0.713. The molecule has 0 atom stereocenters. The smallest absolute Gasteiger partial charge is 0.263 e. The Kier molecular flexibility index (Phi) is 4.57. The van der Waals surface area contributed by atoms with Gasteiger partial charge in [0.25, 0.3) is 5.91 Å². The predicted octanol–water partition coefficient (Wildman–Crippen LogP) is 3.40. The third-order valence-corrected chi connectivity index (χ3v) is 5.16. The molecule has 2 aromatic heterocycles. The molecule has 0 unspecified atom stereocenters. The number of aromatic nitrogens is 2. The van der Waals surface area contributed by atoms with Crippen molar-refractivity contribution in [3.63, 3.8) is 0 Å². The third kappa shape index (κ3) is 3.28. The second kappa shape index (κ2) is 6.65. The number of fused-ring (bicyclic) bond motifs is 1. The van der Waals surface area contributed by atoms with Gasteiger partial charge in [0.1, 0.15) is 17.2 Å². The summed E-state index contributed by atoms with van der Waals surface area (Å²) in [5.41, 5.74) is 2.15. The van der Waals surface area contributed by atoms with Crippen LogP contribution < -0.4 is 4.74 Å². The van der Waals surface area contributed by atoms with Crippen molar-refractivity contribution in [3.05, 3.63) is 46.5 Å². The van der Waals surface area contributed by atoms with Gasteiger partial charge < -0.3 is 9.64 Å². The molecule has 0 aliphatic carbocycles. The Morgan fingerprint density at radius 3 is 2.67 bits per heavy atom. The normalized spacial score (nSPS) is 11.0. The molecule has 3 aromatic rings. The lowest BCUT2D eigenvalue weighted by molar-refractivity contribution is 0.0778. The standard InChI is InChI=1S/C18H21N3O2S/c1-12-5-7-14(8-6-12)23-10-9-20(3)17(22)16-11-15-13(2)19-21(4)18(15)24-16/h5-8,11H,9-10H2,1-4H3. The van der Waals surface area contributed by atoms with Gasteiger partial charge in [-0.15, -0.1) is 11.3 Å². The van der Waals surface area contributed by atoms with Gasteiger partial charge >= 0.3 is 0 Å². The van der Waals surface area contributed by atoms with E-state index in [1.807, 2.05) is 55.9 Å². The topological polar surface area (TPSA) is 47.4 Å². The number of aryl methyl sites for hydroxylation is 3. The Labute approximate surface area is 145 Å². The van der Waals surface area contributed by atoms with Gasteiger partial charge in [0, 0.05) is 19.5 Å². The maximum absolute atomic E-state index is 12.6. The van der Waals surface area contributed by atoms with Crippen LogP contribution in [0.5, 0.6) is 5.75 Å². The van der Waals surface area contributed by atoms with Gasteiger partial charge in [-0.05, 0) is 32.0 Å². The molecule has 6 heteroatoms. The van der Waals surface area contributed by atoms with Crippen LogP contribution in [0.2, 0.25) is 0 Å². The van der Waals surface area contributed by atoms with Crippen molar-refractivity contribution >= 4 is 27.5 Å². The second-order valence-electron chi connectivity index (χ2n) is 5.93. The van der Waals surface area contributed by atoms with Crippen LogP contribution in [0.4, 0.5) is 0 Å². The first-order valence-electron chi connectivity index (χ1n) is 7.84. The Hall–Kier alpha value is -2.34. The number of thiophene rings is 1. The van der Waals surface area contributed by atoms with Gasteiger partial charge in [-0.25, -0.2) is 0 Å². The van der Waals surface area contributed by atoms with Crippen LogP contribution in [0.15, 0.2) is 30.3 Å². The first-order valence-corrected chi connectivity index (χ1v) is 8.65.